The molecule has 2 aromatic rings. The molecule has 1 aromatic heterocycles. The van der Waals surface area contributed by atoms with E-state index in [0.717, 1.165) is 35.1 Å². The monoisotopic (exact) mass is 400 g/mol. The molecule has 1 fully saturated rings. The van der Waals surface area contributed by atoms with Crippen LogP contribution in [0.5, 0.6) is 0 Å². The van der Waals surface area contributed by atoms with Gasteiger partial charge in [0.05, 0.1) is 34.9 Å². The molecule has 0 bridgehead atoms. The van der Waals surface area contributed by atoms with E-state index in [1.54, 1.807) is 0 Å². The van der Waals surface area contributed by atoms with Crippen molar-refractivity contribution in [2.45, 2.75) is 6.18 Å². The number of rotatable bonds is 5. The summed E-state index contributed by atoms with van der Waals surface area (Å²) < 4.78 is 43.4. The Kier molecular flexibility index (Phi) is 5.61. The van der Waals surface area contributed by atoms with Gasteiger partial charge in [0.2, 0.25) is 0 Å². The van der Waals surface area contributed by atoms with Crippen LogP contribution in [0.2, 0.25) is 0 Å². The van der Waals surface area contributed by atoms with E-state index in [1.807, 2.05) is 12.1 Å². The van der Waals surface area contributed by atoms with Gasteiger partial charge in [-0.1, -0.05) is 0 Å². The Hall–Kier alpha value is -2.66. The van der Waals surface area contributed by atoms with Crippen molar-refractivity contribution in [2.75, 3.05) is 36.6 Å². The van der Waals surface area contributed by atoms with E-state index < -0.39 is 22.4 Å². The predicted octanol–water partition coefficient (Wildman–Crippen LogP) is 3.96. The fourth-order valence-electron chi connectivity index (χ4n) is 2.48. The van der Waals surface area contributed by atoms with Gasteiger partial charge in [-0.2, -0.15) is 18.3 Å². The molecule has 1 aliphatic rings. The van der Waals surface area contributed by atoms with Crippen LogP contribution in [-0.2, 0) is 10.9 Å². The van der Waals surface area contributed by atoms with Crippen molar-refractivity contribution in [3.8, 4) is 0 Å². The Bertz CT molecular complexity index is 848. The molecule has 3 rings (SSSR count). The molecule has 7 nitrogen and oxygen atoms in total. The number of ether oxygens (including phenoxy) is 1. The molecule has 144 valence electrons. The SMILES string of the molecule is O=[N+]([O-])c1cc(C(F)(F)F)ccc1NN=Cc1ccc(N2CCOCC2)s1. The molecule has 1 aromatic carbocycles. The number of benzene rings is 1. The molecule has 0 spiro atoms. The van der Waals surface area contributed by atoms with Gasteiger partial charge in [-0.15, -0.1) is 11.3 Å². The molecular weight excluding hydrogens is 385 g/mol. The number of nitro benzene ring substituents is 1. The highest BCUT2D eigenvalue weighted by molar-refractivity contribution is 7.17. The third-order valence-corrected chi connectivity index (χ3v) is 4.91. The quantitative estimate of drug-likeness (QED) is 0.467. The second-order valence-corrected chi connectivity index (χ2v) is 6.73. The summed E-state index contributed by atoms with van der Waals surface area (Å²) in [5.74, 6) is 0. The molecule has 0 radical (unpaired) electrons. The minimum Gasteiger partial charge on any atom is -0.378 e. The number of morpholine rings is 1. The topological polar surface area (TPSA) is 80.0 Å². The van der Waals surface area contributed by atoms with Gasteiger partial charge in [-0.25, -0.2) is 0 Å². The van der Waals surface area contributed by atoms with Gasteiger partial charge in [0, 0.05) is 24.0 Å². The van der Waals surface area contributed by atoms with E-state index in [4.69, 9.17) is 4.74 Å². The van der Waals surface area contributed by atoms with E-state index >= 15 is 0 Å². The summed E-state index contributed by atoms with van der Waals surface area (Å²) in [7, 11) is 0. The second kappa shape index (κ2) is 7.92. The summed E-state index contributed by atoms with van der Waals surface area (Å²) in [6.07, 6.45) is -3.19. The third kappa shape index (κ3) is 4.74. The van der Waals surface area contributed by atoms with Crippen LogP contribution >= 0.6 is 11.3 Å². The Balaban J connectivity index is 1.71. The highest BCUT2D eigenvalue weighted by atomic mass is 32.1. The maximum absolute atomic E-state index is 12.7. The van der Waals surface area contributed by atoms with Crippen LogP contribution in [0.3, 0.4) is 0 Å². The maximum atomic E-state index is 12.7. The fourth-order valence-corrected chi connectivity index (χ4v) is 3.42. The molecule has 1 saturated heterocycles. The van der Waals surface area contributed by atoms with Crippen LogP contribution in [0, 0.1) is 10.1 Å². The molecule has 1 N–H and O–H groups in total. The van der Waals surface area contributed by atoms with E-state index in [2.05, 4.69) is 15.4 Å². The van der Waals surface area contributed by atoms with Gasteiger partial charge in [-0.3, -0.25) is 15.5 Å². The first-order valence-electron chi connectivity index (χ1n) is 7.92. The summed E-state index contributed by atoms with van der Waals surface area (Å²) in [6.45, 7) is 2.93. The smallest absolute Gasteiger partial charge is 0.378 e. The Morgan fingerprint density at radius 3 is 2.67 bits per heavy atom. The maximum Gasteiger partial charge on any atom is 0.416 e. The summed E-state index contributed by atoms with van der Waals surface area (Å²) in [5, 5.41) is 16.0. The lowest BCUT2D eigenvalue weighted by atomic mass is 10.1. The van der Waals surface area contributed by atoms with E-state index in [0.29, 0.717) is 19.3 Å². The lowest BCUT2D eigenvalue weighted by molar-refractivity contribution is -0.384. The first-order valence-corrected chi connectivity index (χ1v) is 8.73. The van der Waals surface area contributed by atoms with Crippen LogP contribution in [-0.4, -0.2) is 37.4 Å². The summed E-state index contributed by atoms with van der Waals surface area (Å²) in [4.78, 5) is 13.1. The molecule has 0 unspecified atom stereocenters. The molecule has 0 amide bonds. The number of alkyl halides is 3. The number of anilines is 2. The molecular formula is C16H15F3N4O3S. The molecule has 0 aliphatic carbocycles. The Morgan fingerprint density at radius 2 is 2.00 bits per heavy atom. The zero-order valence-corrected chi connectivity index (χ0v) is 14.7. The summed E-state index contributed by atoms with van der Waals surface area (Å²) >= 11 is 1.49. The minimum atomic E-state index is -4.65. The van der Waals surface area contributed by atoms with Gasteiger partial charge in [0.1, 0.15) is 5.69 Å². The Labute approximate surface area is 156 Å². The molecule has 2 heterocycles. The van der Waals surface area contributed by atoms with Crippen LogP contribution in [0.15, 0.2) is 35.4 Å². The number of nitrogens with zero attached hydrogens (tertiary/aromatic N) is 3. The average Bonchev–Trinajstić information content (AvgIpc) is 3.10. The van der Waals surface area contributed by atoms with Gasteiger partial charge in [0.25, 0.3) is 5.69 Å². The van der Waals surface area contributed by atoms with Gasteiger partial charge in [0.15, 0.2) is 0 Å². The molecule has 0 atom stereocenters. The highest BCUT2D eigenvalue weighted by Crippen LogP contribution is 2.35. The van der Waals surface area contributed by atoms with Crippen molar-refractivity contribution < 1.29 is 22.8 Å². The Morgan fingerprint density at radius 1 is 1.26 bits per heavy atom. The standard InChI is InChI=1S/C16H15F3N4O3S/c17-16(18,19)11-1-3-13(14(9-11)23(24)25)21-20-10-12-2-4-15(27-12)22-5-7-26-8-6-22/h1-4,9-10,21H,5-8H2. The van der Waals surface area contributed by atoms with Crippen LogP contribution < -0.4 is 10.3 Å². The number of halogens is 3. The van der Waals surface area contributed by atoms with Crippen molar-refractivity contribution in [1.29, 1.82) is 0 Å². The zero-order chi connectivity index (χ0) is 19.4. The summed E-state index contributed by atoms with van der Waals surface area (Å²) in [5.41, 5.74) is 0.549. The van der Waals surface area contributed by atoms with Crippen molar-refractivity contribution in [1.82, 2.24) is 0 Å². The van der Waals surface area contributed by atoms with Crippen molar-refractivity contribution in [2.24, 2.45) is 5.10 Å². The lowest BCUT2D eigenvalue weighted by Gasteiger charge is -2.27. The van der Waals surface area contributed by atoms with Crippen LogP contribution in [0.1, 0.15) is 10.4 Å². The predicted molar refractivity (Wildman–Crippen MR) is 96.7 cm³/mol. The van der Waals surface area contributed by atoms with E-state index in [1.165, 1.54) is 17.6 Å². The van der Waals surface area contributed by atoms with Crippen molar-refractivity contribution in [3.05, 3.63) is 50.9 Å². The van der Waals surface area contributed by atoms with Gasteiger partial charge < -0.3 is 9.64 Å². The van der Waals surface area contributed by atoms with Gasteiger partial charge >= 0.3 is 6.18 Å². The second-order valence-electron chi connectivity index (χ2n) is 5.63. The lowest BCUT2D eigenvalue weighted by Crippen LogP contribution is -2.35. The number of nitro groups is 1. The average molecular weight is 400 g/mol. The number of nitrogens with one attached hydrogen (secondary N) is 1. The van der Waals surface area contributed by atoms with Crippen LogP contribution in [0.4, 0.5) is 29.5 Å². The molecule has 1 aliphatic heterocycles. The van der Waals surface area contributed by atoms with Crippen molar-refractivity contribution in [3.63, 3.8) is 0 Å². The third-order valence-electron chi connectivity index (χ3n) is 3.83. The zero-order valence-electron chi connectivity index (χ0n) is 13.9. The molecule has 27 heavy (non-hydrogen) atoms. The first kappa shape index (κ1) is 19.1. The molecule has 0 saturated carbocycles. The first-order chi connectivity index (χ1) is 12.8. The number of hydrogen-bond donors (Lipinski definition) is 1. The minimum absolute atomic E-state index is 0.116. The largest absolute Gasteiger partial charge is 0.416 e. The normalized spacial score (nSPS) is 15.3. The van der Waals surface area contributed by atoms with E-state index in [9.17, 15) is 23.3 Å². The van der Waals surface area contributed by atoms with Crippen molar-refractivity contribution >= 4 is 33.9 Å². The number of hydrazone groups is 1. The van der Waals surface area contributed by atoms with E-state index in [-0.39, 0.29) is 5.69 Å². The molecule has 11 heteroatoms. The number of thiophene rings is 1. The fraction of sp³-hybridized carbons (Fsp3) is 0.312. The number of hydrogen-bond acceptors (Lipinski definition) is 7. The summed E-state index contributed by atoms with van der Waals surface area (Å²) in [6, 6.07) is 6.04. The highest BCUT2D eigenvalue weighted by Gasteiger charge is 2.33. The van der Waals surface area contributed by atoms with Crippen LogP contribution in [0.25, 0.3) is 0 Å². The van der Waals surface area contributed by atoms with Gasteiger partial charge in [-0.05, 0) is 24.3 Å².